The van der Waals surface area contributed by atoms with E-state index in [4.69, 9.17) is 21.1 Å². The molecule has 1 heterocycles. The number of esters is 1. The normalized spacial score (nSPS) is 12.8. The quantitative estimate of drug-likeness (QED) is 0.300. The molecule has 0 aromatic heterocycles. The molecule has 152 valence electrons. The number of carbonyl (C=O) groups is 3. The highest BCUT2D eigenvalue weighted by Gasteiger charge is 2.35. The number of ether oxygens (including phenoxy) is 2. The predicted molar refractivity (Wildman–Crippen MR) is 111 cm³/mol. The SMILES string of the molecule is O=C(CCCOc1ccc(Cl)cc1)OCCCN1C(=O)c2ccc(Br)cc2C1=O. The van der Waals surface area contributed by atoms with Crippen molar-refractivity contribution in [1.29, 1.82) is 0 Å². The summed E-state index contributed by atoms with van der Waals surface area (Å²) >= 11 is 9.10. The number of fused-ring (bicyclic) bond motifs is 1. The van der Waals surface area contributed by atoms with Gasteiger partial charge in [0.1, 0.15) is 5.75 Å². The Labute approximate surface area is 181 Å². The third kappa shape index (κ3) is 5.58. The van der Waals surface area contributed by atoms with Gasteiger partial charge in [-0.1, -0.05) is 27.5 Å². The summed E-state index contributed by atoms with van der Waals surface area (Å²) in [5.41, 5.74) is 0.790. The van der Waals surface area contributed by atoms with E-state index in [1.54, 1.807) is 42.5 Å². The van der Waals surface area contributed by atoms with E-state index < -0.39 is 0 Å². The molecule has 1 aliphatic heterocycles. The summed E-state index contributed by atoms with van der Waals surface area (Å²) in [6, 6.07) is 12.0. The molecule has 3 rings (SSSR count). The van der Waals surface area contributed by atoms with Gasteiger partial charge in [0.15, 0.2) is 0 Å². The van der Waals surface area contributed by atoms with E-state index in [9.17, 15) is 14.4 Å². The summed E-state index contributed by atoms with van der Waals surface area (Å²) in [4.78, 5) is 37.6. The molecule has 0 atom stereocenters. The van der Waals surface area contributed by atoms with Crippen molar-refractivity contribution in [2.24, 2.45) is 0 Å². The number of hydrogen-bond acceptors (Lipinski definition) is 5. The molecule has 8 heteroatoms. The van der Waals surface area contributed by atoms with Gasteiger partial charge in [-0.05, 0) is 55.3 Å². The van der Waals surface area contributed by atoms with Crippen molar-refractivity contribution in [2.45, 2.75) is 19.3 Å². The zero-order valence-corrected chi connectivity index (χ0v) is 17.9. The van der Waals surface area contributed by atoms with E-state index in [1.165, 1.54) is 4.90 Å². The van der Waals surface area contributed by atoms with Crippen molar-refractivity contribution in [3.63, 3.8) is 0 Å². The number of halogens is 2. The standard InChI is InChI=1S/C21H19BrClNO5/c22-14-4-9-17-18(13-14)21(27)24(20(17)26)10-2-12-29-19(25)3-1-11-28-16-7-5-15(23)6-8-16/h4-9,13H,1-3,10-12H2. The lowest BCUT2D eigenvalue weighted by molar-refractivity contribution is -0.144. The molecule has 0 fully saturated rings. The van der Waals surface area contributed by atoms with Gasteiger partial charge in [0.25, 0.3) is 11.8 Å². The molecule has 0 saturated carbocycles. The minimum atomic E-state index is -0.337. The van der Waals surface area contributed by atoms with Crippen molar-refractivity contribution in [3.8, 4) is 5.75 Å². The van der Waals surface area contributed by atoms with Gasteiger partial charge in [0, 0.05) is 22.5 Å². The number of carbonyl (C=O) groups excluding carboxylic acids is 3. The lowest BCUT2D eigenvalue weighted by Crippen LogP contribution is -2.31. The Morgan fingerprint density at radius 3 is 2.45 bits per heavy atom. The van der Waals surface area contributed by atoms with Crippen molar-refractivity contribution < 1.29 is 23.9 Å². The minimum Gasteiger partial charge on any atom is -0.494 e. The van der Waals surface area contributed by atoms with E-state index in [1.807, 2.05) is 0 Å². The van der Waals surface area contributed by atoms with Crippen LogP contribution in [0, 0.1) is 0 Å². The van der Waals surface area contributed by atoms with E-state index in [0.29, 0.717) is 41.3 Å². The number of nitrogens with zero attached hydrogens (tertiary/aromatic N) is 1. The van der Waals surface area contributed by atoms with E-state index >= 15 is 0 Å². The molecule has 29 heavy (non-hydrogen) atoms. The van der Waals surface area contributed by atoms with Crippen LogP contribution in [-0.4, -0.2) is 42.4 Å². The molecule has 0 unspecified atom stereocenters. The predicted octanol–water partition coefficient (Wildman–Crippen LogP) is 4.49. The Hall–Kier alpha value is -2.38. The lowest BCUT2D eigenvalue weighted by atomic mass is 10.1. The molecule has 0 bridgehead atoms. The number of benzene rings is 2. The second-order valence-corrected chi connectivity index (χ2v) is 7.78. The monoisotopic (exact) mass is 479 g/mol. The molecule has 6 nitrogen and oxygen atoms in total. The van der Waals surface area contributed by atoms with Gasteiger partial charge in [0.05, 0.1) is 24.3 Å². The van der Waals surface area contributed by atoms with Crippen LogP contribution in [0.4, 0.5) is 0 Å². The summed E-state index contributed by atoms with van der Waals surface area (Å²) in [5, 5.41) is 0.634. The van der Waals surface area contributed by atoms with Gasteiger partial charge in [0.2, 0.25) is 0 Å². The molecule has 0 radical (unpaired) electrons. The fourth-order valence-electron chi connectivity index (χ4n) is 2.88. The fraction of sp³-hybridized carbons (Fsp3) is 0.286. The molecule has 0 N–H and O–H groups in total. The van der Waals surface area contributed by atoms with Crippen LogP contribution in [0.25, 0.3) is 0 Å². The minimum absolute atomic E-state index is 0.147. The molecular weight excluding hydrogens is 462 g/mol. The molecule has 0 aliphatic carbocycles. The third-order valence-electron chi connectivity index (χ3n) is 4.33. The van der Waals surface area contributed by atoms with Crippen LogP contribution < -0.4 is 4.74 Å². The fourth-order valence-corrected chi connectivity index (χ4v) is 3.37. The van der Waals surface area contributed by atoms with E-state index in [-0.39, 0.29) is 37.4 Å². The van der Waals surface area contributed by atoms with Gasteiger partial charge in [-0.3, -0.25) is 19.3 Å². The topological polar surface area (TPSA) is 72.9 Å². The number of amides is 2. The first-order valence-corrected chi connectivity index (χ1v) is 10.3. The summed E-state index contributed by atoms with van der Waals surface area (Å²) < 4.78 is 11.4. The Morgan fingerprint density at radius 1 is 0.966 bits per heavy atom. The van der Waals surface area contributed by atoms with Crippen molar-refractivity contribution in [1.82, 2.24) is 4.90 Å². The van der Waals surface area contributed by atoms with Gasteiger partial charge in [-0.15, -0.1) is 0 Å². The summed E-state index contributed by atoms with van der Waals surface area (Å²) in [7, 11) is 0. The zero-order valence-electron chi connectivity index (χ0n) is 15.5. The first-order chi connectivity index (χ1) is 14.0. The summed E-state index contributed by atoms with van der Waals surface area (Å²) in [6.07, 6.45) is 1.14. The Balaban J connectivity index is 1.32. The van der Waals surface area contributed by atoms with Crippen molar-refractivity contribution in [3.05, 3.63) is 63.1 Å². The molecule has 2 amide bonds. The van der Waals surface area contributed by atoms with Crippen LogP contribution >= 0.6 is 27.5 Å². The van der Waals surface area contributed by atoms with Gasteiger partial charge >= 0.3 is 5.97 Å². The third-order valence-corrected chi connectivity index (χ3v) is 5.07. The Kier molecular flexibility index (Phi) is 7.28. The number of rotatable bonds is 9. The smallest absolute Gasteiger partial charge is 0.305 e. The van der Waals surface area contributed by atoms with Crippen LogP contribution in [0.2, 0.25) is 5.02 Å². The van der Waals surface area contributed by atoms with Gasteiger partial charge < -0.3 is 9.47 Å². The Bertz CT molecular complexity index is 916. The lowest BCUT2D eigenvalue weighted by Gasteiger charge is -2.13. The second kappa shape index (κ2) is 9.89. The molecular formula is C21H19BrClNO5. The maximum atomic E-state index is 12.4. The molecule has 2 aromatic carbocycles. The number of imide groups is 1. The van der Waals surface area contributed by atoms with Crippen LogP contribution in [-0.2, 0) is 9.53 Å². The summed E-state index contributed by atoms with van der Waals surface area (Å²) in [6.45, 7) is 0.742. The molecule has 0 saturated heterocycles. The summed E-state index contributed by atoms with van der Waals surface area (Å²) in [5.74, 6) is -0.285. The largest absolute Gasteiger partial charge is 0.494 e. The van der Waals surface area contributed by atoms with E-state index in [2.05, 4.69) is 15.9 Å². The number of hydrogen-bond donors (Lipinski definition) is 0. The maximum Gasteiger partial charge on any atom is 0.305 e. The highest BCUT2D eigenvalue weighted by atomic mass is 79.9. The van der Waals surface area contributed by atoms with Gasteiger partial charge in [-0.25, -0.2) is 0 Å². The van der Waals surface area contributed by atoms with Crippen LogP contribution in [0.1, 0.15) is 40.0 Å². The van der Waals surface area contributed by atoms with Crippen molar-refractivity contribution in [2.75, 3.05) is 19.8 Å². The van der Waals surface area contributed by atoms with Crippen LogP contribution in [0.3, 0.4) is 0 Å². The first-order valence-electron chi connectivity index (χ1n) is 9.15. The highest BCUT2D eigenvalue weighted by Crippen LogP contribution is 2.26. The van der Waals surface area contributed by atoms with Gasteiger partial charge in [-0.2, -0.15) is 0 Å². The Morgan fingerprint density at radius 2 is 1.69 bits per heavy atom. The average Bonchev–Trinajstić information content (AvgIpc) is 2.94. The average molecular weight is 481 g/mol. The van der Waals surface area contributed by atoms with Crippen LogP contribution in [0.15, 0.2) is 46.9 Å². The second-order valence-electron chi connectivity index (χ2n) is 6.43. The molecule has 1 aliphatic rings. The molecule has 0 spiro atoms. The zero-order chi connectivity index (χ0) is 20.8. The molecule has 2 aromatic rings. The maximum absolute atomic E-state index is 12.4. The first kappa shape index (κ1) is 21.3. The van der Waals surface area contributed by atoms with Crippen molar-refractivity contribution >= 4 is 45.3 Å². The van der Waals surface area contributed by atoms with Crippen LogP contribution in [0.5, 0.6) is 5.75 Å². The highest BCUT2D eigenvalue weighted by molar-refractivity contribution is 9.10. The van der Waals surface area contributed by atoms with E-state index in [0.717, 1.165) is 4.47 Å².